The van der Waals surface area contributed by atoms with Crippen LogP contribution in [-0.4, -0.2) is 70.6 Å². The van der Waals surface area contributed by atoms with Gasteiger partial charge in [0.15, 0.2) is 0 Å². The van der Waals surface area contributed by atoms with Crippen molar-refractivity contribution in [1.82, 2.24) is 9.62 Å². The highest BCUT2D eigenvalue weighted by Crippen LogP contribution is 2.34. The van der Waals surface area contributed by atoms with Crippen LogP contribution in [-0.2, 0) is 19.6 Å². The molecule has 2 fully saturated rings. The van der Waals surface area contributed by atoms with Crippen molar-refractivity contribution in [2.45, 2.75) is 17.7 Å². The molecule has 2 aliphatic rings. The summed E-state index contributed by atoms with van der Waals surface area (Å²) < 4.78 is 31.4. The van der Waals surface area contributed by atoms with Gasteiger partial charge in [0, 0.05) is 32.2 Å². The summed E-state index contributed by atoms with van der Waals surface area (Å²) in [6.07, 6.45) is 1.46. The molecule has 1 atom stereocenters. The van der Waals surface area contributed by atoms with Crippen molar-refractivity contribution in [2.75, 3.05) is 51.3 Å². The van der Waals surface area contributed by atoms with Crippen LogP contribution in [0.25, 0.3) is 0 Å². The standard InChI is InChI=1S/C17H24N4O6S/c1-18-28(25,26)14-4-5-15(16(11-14)21(23)24)20-6-2-3-13(12-20)17(22)19-7-9-27-10-8-19/h4-5,11,13,18H,2-3,6-10,12H2,1H3. The monoisotopic (exact) mass is 412 g/mol. The lowest BCUT2D eigenvalue weighted by molar-refractivity contribution is -0.384. The van der Waals surface area contributed by atoms with E-state index in [9.17, 15) is 23.3 Å². The first-order valence-electron chi connectivity index (χ1n) is 9.17. The molecule has 11 heteroatoms. The Morgan fingerprint density at radius 1 is 1.29 bits per heavy atom. The number of benzene rings is 1. The summed E-state index contributed by atoms with van der Waals surface area (Å²) in [5.41, 5.74) is 0.0512. The number of sulfonamides is 1. The molecule has 28 heavy (non-hydrogen) atoms. The first-order chi connectivity index (χ1) is 13.3. The highest BCUT2D eigenvalue weighted by Gasteiger charge is 2.33. The van der Waals surface area contributed by atoms with Crippen LogP contribution in [0.4, 0.5) is 11.4 Å². The van der Waals surface area contributed by atoms with Gasteiger partial charge in [-0.15, -0.1) is 0 Å². The molecule has 0 bridgehead atoms. The molecule has 0 aromatic heterocycles. The number of ether oxygens (including phenoxy) is 1. The van der Waals surface area contributed by atoms with E-state index in [1.807, 2.05) is 0 Å². The fourth-order valence-electron chi connectivity index (χ4n) is 3.64. The number of nitro benzene ring substituents is 1. The van der Waals surface area contributed by atoms with E-state index in [1.54, 1.807) is 9.80 Å². The molecular formula is C17H24N4O6S. The highest BCUT2D eigenvalue weighted by atomic mass is 32.2. The SMILES string of the molecule is CNS(=O)(=O)c1ccc(N2CCCC(C(=O)N3CCOCC3)C2)c([N+](=O)[O-])c1. The topological polar surface area (TPSA) is 122 Å². The Morgan fingerprint density at radius 3 is 2.64 bits per heavy atom. The van der Waals surface area contributed by atoms with E-state index in [1.165, 1.54) is 19.2 Å². The lowest BCUT2D eigenvalue weighted by Gasteiger charge is -2.37. The molecule has 2 heterocycles. The Morgan fingerprint density at radius 2 is 2.00 bits per heavy atom. The van der Waals surface area contributed by atoms with Gasteiger partial charge in [-0.3, -0.25) is 14.9 Å². The third kappa shape index (κ3) is 4.26. The molecule has 1 aromatic rings. The van der Waals surface area contributed by atoms with Gasteiger partial charge in [0.05, 0.1) is 29.0 Å². The highest BCUT2D eigenvalue weighted by molar-refractivity contribution is 7.89. The number of amides is 1. The summed E-state index contributed by atoms with van der Waals surface area (Å²) in [7, 11) is -2.53. The van der Waals surface area contributed by atoms with Gasteiger partial charge in [0.2, 0.25) is 15.9 Å². The fourth-order valence-corrected chi connectivity index (χ4v) is 4.39. The molecule has 2 aliphatic heterocycles. The third-order valence-corrected chi connectivity index (χ3v) is 6.57. The van der Waals surface area contributed by atoms with Crippen LogP contribution >= 0.6 is 0 Å². The second-order valence-electron chi connectivity index (χ2n) is 6.84. The third-order valence-electron chi connectivity index (χ3n) is 5.16. The number of rotatable bonds is 5. The molecule has 0 saturated carbocycles. The van der Waals surface area contributed by atoms with Gasteiger partial charge < -0.3 is 14.5 Å². The lowest BCUT2D eigenvalue weighted by Crippen LogP contribution is -2.48. The molecule has 1 unspecified atom stereocenters. The molecule has 1 N–H and O–H groups in total. The van der Waals surface area contributed by atoms with E-state index >= 15 is 0 Å². The largest absolute Gasteiger partial charge is 0.378 e. The normalized spacial score (nSPS) is 20.8. The molecule has 154 valence electrons. The van der Waals surface area contributed by atoms with Gasteiger partial charge in [-0.1, -0.05) is 0 Å². The van der Waals surface area contributed by atoms with Gasteiger partial charge in [-0.05, 0) is 32.0 Å². The van der Waals surface area contributed by atoms with Crippen molar-refractivity contribution >= 4 is 27.3 Å². The molecular weight excluding hydrogens is 388 g/mol. The van der Waals surface area contributed by atoms with Crippen LogP contribution < -0.4 is 9.62 Å². The Labute approximate surface area is 163 Å². The minimum absolute atomic E-state index is 0.0463. The minimum Gasteiger partial charge on any atom is -0.378 e. The number of hydrogen-bond donors (Lipinski definition) is 1. The number of piperidine rings is 1. The lowest BCUT2D eigenvalue weighted by atomic mass is 9.95. The van der Waals surface area contributed by atoms with E-state index in [0.29, 0.717) is 45.1 Å². The second-order valence-corrected chi connectivity index (χ2v) is 8.72. The zero-order valence-corrected chi connectivity index (χ0v) is 16.5. The Bertz CT molecular complexity index is 853. The van der Waals surface area contributed by atoms with Crippen molar-refractivity contribution in [3.05, 3.63) is 28.3 Å². The summed E-state index contributed by atoms with van der Waals surface area (Å²) in [4.78, 5) is 27.2. The predicted octanol–water partition coefficient (Wildman–Crippen LogP) is 0.578. The van der Waals surface area contributed by atoms with Crippen molar-refractivity contribution in [2.24, 2.45) is 5.92 Å². The average molecular weight is 412 g/mol. The summed E-state index contributed by atoms with van der Waals surface area (Å²) >= 11 is 0. The van der Waals surface area contributed by atoms with Crippen LogP contribution in [0.1, 0.15) is 12.8 Å². The van der Waals surface area contributed by atoms with Gasteiger partial charge in [-0.2, -0.15) is 0 Å². The first kappa shape index (κ1) is 20.5. The number of morpholine rings is 1. The number of carbonyl (C=O) groups excluding carboxylic acids is 1. The summed E-state index contributed by atoms with van der Waals surface area (Å²) in [5, 5.41) is 11.6. The summed E-state index contributed by atoms with van der Waals surface area (Å²) in [6.45, 7) is 3.11. The number of carbonyl (C=O) groups is 1. The number of anilines is 1. The van der Waals surface area contributed by atoms with Gasteiger partial charge >= 0.3 is 0 Å². The molecule has 1 amide bonds. The average Bonchev–Trinajstić information content (AvgIpc) is 2.73. The molecule has 0 aliphatic carbocycles. The molecule has 2 saturated heterocycles. The second kappa shape index (κ2) is 8.41. The van der Waals surface area contributed by atoms with Crippen molar-refractivity contribution in [3.8, 4) is 0 Å². The van der Waals surface area contributed by atoms with Gasteiger partial charge in [0.1, 0.15) is 5.69 Å². The number of nitrogens with zero attached hydrogens (tertiary/aromatic N) is 3. The Hall–Kier alpha value is -2.24. The zero-order valence-electron chi connectivity index (χ0n) is 15.7. The van der Waals surface area contributed by atoms with Crippen molar-refractivity contribution in [3.63, 3.8) is 0 Å². The molecule has 10 nitrogen and oxygen atoms in total. The van der Waals surface area contributed by atoms with Crippen molar-refractivity contribution < 1.29 is 22.9 Å². The van der Waals surface area contributed by atoms with Crippen LogP contribution in [0.15, 0.2) is 23.1 Å². The Balaban J connectivity index is 1.84. The smallest absolute Gasteiger partial charge is 0.293 e. The molecule has 0 spiro atoms. The van der Waals surface area contributed by atoms with E-state index in [2.05, 4.69) is 4.72 Å². The molecule has 1 aromatic carbocycles. The van der Waals surface area contributed by atoms with Crippen LogP contribution in [0, 0.1) is 16.0 Å². The Kier molecular flexibility index (Phi) is 6.16. The van der Waals surface area contributed by atoms with Crippen LogP contribution in [0.5, 0.6) is 0 Å². The van der Waals surface area contributed by atoms with E-state index in [4.69, 9.17) is 4.74 Å². The minimum atomic E-state index is -3.79. The number of hydrogen-bond acceptors (Lipinski definition) is 7. The summed E-state index contributed by atoms with van der Waals surface area (Å²) in [6, 6.07) is 3.86. The first-order valence-corrected chi connectivity index (χ1v) is 10.7. The van der Waals surface area contributed by atoms with Crippen LogP contribution in [0.3, 0.4) is 0 Å². The summed E-state index contributed by atoms with van der Waals surface area (Å²) in [5.74, 6) is -0.197. The predicted molar refractivity (Wildman–Crippen MR) is 102 cm³/mol. The maximum absolute atomic E-state index is 12.8. The van der Waals surface area contributed by atoms with E-state index in [-0.39, 0.29) is 22.4 Å². The number of nitro groups is 1. The maximum Gasteiger partial charge on any atom is 0.293 e. The molecule has 3 rings (SSSR count). The zero-order chi connectivity index (χ0) is 20.3. The van der Waals surface area contributed by atoms with Crippen molar-refractivity contribution in [1.29, 1.82) is 0 Å². The quantitative estimate of drug-likeness (QED) is 0.554. The van der Waals surface area contributed by atoms with E-state index < -0.39 is 14.9 Å². The van der Waals surface area contributed by atoms with E-state index in [0.717, 1.165) is 18.9 Å². The van der Waals surface area contributed by atoms with Crippen LogP contribution in [0.2, 0.25) is 0 Å². The fraction of sp³-hybridized carbons (Fsp3) is 0.588. The van der Waals surface area contributed by atoms with Gasteiger partial charge in [-0.25, -0.2) is 13.1 Å². The molecule has 0 radical (unpaired) electrons. The maximum atomic E-state index is 12.8. The van der Waals surface area contributed by atoms with Gasteiger partial charge in [0.25, 0.3) is 5.69 Å². The number of nitrogens with one attached hydrogen (secondary N) is 1.